The Morgan fingerprint density at radius 3 is 2.62 bits per heavy atom. The zero-order valence-electron chi connectivity index (χ0n) is 21.1. The van der Waals surface area contributed by atoms with Crippen LogP contribution in [0.4, 0.5) is 5.69 Å². The van der Waals surface area contributed by atoms with Crippen molar-refractivity contribution in [3.05, 3.63) is 117 Å². The van der Waals surface area contributed by atoms with Crippen LogP contribution >= 0.6 is 23.4 Å². The van der Waals surface area contributed by atoms with Crippen LogP contribution in [0.15, 0.2) is 101 Å². The van der Waals surface area contributed by atoms with Crippen LogP contribution in [-0.2, 0) is 16.2 Å². The topological polar surface area (TPSA) is 91.2 Å². The Morgan fingerprint density at radius 2 is 1.87 bits per heavy atom. The Labute approximate surface area is 236 Å². The molecule has 5 rings (SSSR count). The maximum atomic E-state index is 13.1. The molecule has 196 valence electrons. The number of anilines is 1. The SMILES string of the molecule is N#CC1=C(SCC(=O)Nc2cccc(Cl)c2)NC2=C(C(=O)CCC2)[C@@H]1c1ccc(OCc2ccccc2)cc1. The van der Waals surface area contributed by atoms with Crippen molar-refractivity contribution in [3.63, 3.8) is 0 Å². The molecule has 0 saturated carbocycles. The van der Waals surface area contributed by atoms with Crippen molar-refractivity contribution in [2.75, 3.05) is 11.1 Å². The average molecular weight is 556 g/mol. The first kappa shape index (κ1) is 26.6. The smallest absolute Gasteiger partial charge is 0.234 e. The maximum Gasteiger partial charge on any atom is 0.234 e. The molecule has 1 atom stereocenters. The first-order chi connectivity index (χ1) is 19.0. The Hall–Kier alpha value is -3.99. The number of amides is 1. The highest BCUT2D eigenvalue weighted by Crippen LogP contribution is 2.44. The molecule has 3 aromatic rings. The summed E-state index contributed by atoms with van der Waals surface area (Å²) in [6.07, 6.45) is 1.92. The van der Waals surface area contributed by atoms with Crippen molar-refractivity contribution in [1.29, 1.82) is 5.26 Å². The molecule has 0 spiro atoms. The van der Waals surface area contributed by atoms with Gasteiger partial charge in [0, 0.05) is 28.4 Å². The number of nitriles is 1. The molecule has 1 aliphatic heterocycles. The third-order valence-corrected chi connectivity index (χ3v) is 7.83. The maximum absolute atomic E-state index is 13.1. The predicted molar refractivity (Wildman–Crippen MR) is 154 cm³/mol. The molecule has 0 radical (unpaired) electrons. The second kappa shape index (κ2) is 12.2. The van der Waals surface area contributed by atoms with Crippen LogP contribution in [0.3, 0.4) is 0 Å². The largest absolute Gasteiger partial charge is 0.489 e. The number of ether oxygens (including phenoxy) is 1. The van der Waals surface area contributed by atoms with Crippen molar-refractivity contribution in [2.24, 2.45) is 0 Å². The van der Waals surface area contributed by atoms with Crippen LogP contribution in [0, 0.1) is 11.3 Å². The summed E-state index contributed by atoms with van der Waals surface area (Å²) in [7, 11) is 0. The first-order valence-corrected chi connectivity index (χ1v) is 14.0. The molecule has 0 fully saturated rings. The number of hydrogen-bond acceptors (Lipinski definition) is 6. The van der Waals surface area contributed by atoms with Gasteiger partial charge in [-0.2, -0.15) is 5.26 Å². The number of carbonyl (C=O) groups excluding carboxylic acids is 2. The zero-order chi connectivity index (χ0) is 27.2. The Balaban J connectivity index is 1.37. The summed E-state index contributed by atoms with van der Waals surface area (Å²) in [5, 5.41) is 17.5. The fourth-order valence-corrected chi connectivity index (χ4v) is 5.82. The van der Waals surface area contributed by atoms with Crippen LogP contribution in [0.5, 0.6) is 5.75 Å². The number of allylic oxidation sites excluding steroid dienone is 3. The lowest BCUT2D eigenvalue weighted by molar-refractivity contribution is -0.116. The van der Waals surface area contributed by atoms with Crippen LogP contribution in [0.2, 0.25) is 5.02 Å². The van der Waals surface area contributed by atoms with Gasteiger partial charge in [0.25, 0.3) is 0 Å². The highest BCUT2D eigenvalue weighted by atomic mass is 35.5. The van der Waals surface area contributed by atoms with Gasteiger partial charge >= 0.3 is 0 Å². The Kier molecular flexibility index (Phi) is 8.36. The van der Waals surface area contributed by atoms with Gasteiger partial charge in [-0.05, 0) is 54.3 Å². The number of hydrogen-bond donors (Lipinski definition) is 2. The van der Waals surface area contributed by atoms with Gasteiger partial charge < -0.3 is 15.4 Å². The van der Waals surface area contributed by atoms with E-state index < -0.39 is 5.92 Å². The summed E-state index contributed by atoms with van der Waals surface area (Å²) in [4.78, 5) is 25.7. The number of dihydropyridines is 1. The van der Waals surface area contributed by atoms with Crippen LogP contribution < -0.4 is 15.4 Å². The summed E-state index contributed by atoms with van der Waals surface area (Å²) in [5.41, 5.74) is 4.42. The molecule has 6 nitrogen and oxygen atoms in total. The summed E-state index contributed by atoms with van der Waals surface area (Å²) in [6, 6.07) is 26.7. The van der Waals surface area contributed by atoms with Gasteiger partial charge in [0.05, 0.1) is 28.3 Å². The van der Waals surface area contributed by atoms with Gasteiger partial charge in [-0.25, -0.2) is 0 Å². The summed E-state index contributed by atoms with van der Waals surface area (Å²) < 4.78 is 5.93. The van der Waals surface area contributed by atoms with Gasteiger partial charge in [0.1, 0.15) is 12.4 Å². The van der Waals surface area contributed by atoms with E-state index in [4.69, 9.17) is 16.3 Å². The Morgan fingerprint density at radius 1 is 1.08 bits per heavy atom. The van der Waals surface area contributed by atoms with E-state index in [1.165, 1.54) is 11.8 Å². The molecule has 0 saturated heterocycles. The van der Waals surface area contributed by atoms with Gasteiger partial charge in [-0.1, -0.05) is 71.9 Å². The summed E-state index contributed by atoms with van der Waals surface area (Å²) in [6.45, 7) is 0.447. The van der Waals surface area contributed by atoms with E-state index in [0.717, 1.165) is 23.2 Å². The van der Waals surface area contributed by atoms with Crippen molar-refractivity contribution in [1.82, 2.24) is 5.32 Å². The minimum atomic E-state index is -0.499. The van der Waals surface area contributed by atoms with Crippen LogP contribution in [-0.4, -0.2) is 17.4 Å². The van der Waals surface area contributed by atoms with Crippen LogP contribution in [0.25, 0.3) is 0 Å². The highest BCUT2D eigenvalue weighted by Gasteiger charge is 2.37. The minimum Gasteiger partial charge on any atom is -0.489 e. The molecular formula is C31H26ClN3O3S. The quantitative estimate of drug-likeness (QED) is 0.320. The number of thioether (sulfide) groups is 1. The molecule has 1 amide bonds. The molecule has 1 heterocycles. The average Bonchev–Trinajstić information content (AvgIpc) is 2.95. The molecule has 2 aliphatic rings. The number of nitrogens with one attached hydrogen (secondary N) is 2. The monoisotopic (exact) mass is 555 g/mol. The molecule has 0 aromatic heterocycles. The number of rotatable bonds is 8. The molecule has 0 bridgehead atoms. The summed E-state index contributed by atoms with van der Waals surface area (Å²) >= 11 is 7.28. The van der Waals surface area contributed by atoms with Gasteiger partial charge in [0.2, 0.25) is 5.91 Å². The molecule has 3 aromatic carbocycles. The molecule has 8 heteroatoms. The molecule has 1 aliphatic carbocycles. The van der Waals surface area contributed by atoms with E-state index in [0.29, 0.717) is 52.1 Å². The second-order valence-corrected chi connectivity index (χ2v) is 10.7. The van der Waals surface area contributed by atoms with E-state index in [1.54, 1.807) is 24.3 Å². The van der Waals surface area contributed by atoms with E-state index in [1.807, 2.05) is 54.6 Å². The molecule has 2 N–H and O–H groups in total. The molecule has 0 unspecified atom stereocenters. The summed E-state index contributed by atoms with van der Waals surface area (Å²) in [5.74, 6) is 0.130. The third-order valence-electron chi connectivity index (χ3n) is 6.58. The van der Waals surface area contributed by atoms with Gasteiger partial charge in [0.15, 0.2) is 5.78 Å². The van der Waals surface area contributed by atoms with Crippen molar-refractivity contribution in [3.8, 4) is 11.8 Å². The third kappa shape index (κ3) is 6.36. The van der Waals surface area contributed by atoms with E-state index in [-0.39, 0.29) is 17.4 Å². The van der Waals surface area contributed by atoms with E-state index in [2.05, 4.69) is 16.7 Å². The zero-order valence-corrected chi connectivity index (χ0v) is 22.6. The lowest BCUT2D eigenvalue weighted by atomic mass is 9.77. The van der Waals surface area contributed by atoms with E-state index >= 15 is 0 Å². The van der Waals surface area contributed by atoms with Gasteiger partial charge in [-0.15, -0.1) is 0 Å². The molecular weight excluding hydrogens is 530 g/mol. The number of Topliss-reactive ketones (excluding diaryl/α,β-unsaturated/α-hetero) is 1. The first-order valence-electron chi connectivity index (χ1n) is 12.6. The van der Waals surface area contributed by atoms with E-state index in [9.17, 15) is 14.9 Å². The minimum absolute atomic E-state index is 0.0497. The van der Waals surface area contributed by atoms with Crippen molar-refractivity contribution >= 4 is 40.7 Å². The van der Waals surface area contributed by atoms with Crippen LogP contribution in [0.1, 0.15) is 36.3 Å². The number of nitrogens with zero attached hydrogens (tertiary/aromatic N) is 1. The number of ketones is 1. The lowest BCUT2D eigenvalue weighted by Crippen LogP contribution is -2.31. The van der Waals surface area contributed by atoms with Crippen molar-refractivity contribution < 1.29 is 14.3 Å². The number of benzene rings is 3. The fraction of sp³-hybridized carbons (Fsp3) is 0.194. The van der Waals surface area contributed by atoms with Crippen molar-refractivity contribution in [2.45, 2.75) is 31.8 Å². The standard InChI is InChI=1S/C31H26ClN3O3S/c32-22-8-4-9-23(16-22)34-28(37)19-39-31-25(17-33)29(30-26(35-31)10-5-11-27(30)36)21-12-14-24(15-13-21)38-18-20-6-2-1-3-7-20/h1-4,6-9,12-16,29,35H,5,10-11,18-19H2,(H,34,37)/t29-/m1/s1. The Bertz CT molecular complexity index is 1490. The number of halogens is 1. The highest BCUT2D eigenvalue weighted by molar-refractivity contribution is 8.03. The second-order valence-electron chi connectivity index (χ2n) is 9.27. The fourth-order valence-electron chi connectivity index (χ4n) is 4.77. The molecule has 39 heavy (non-hydrogen) atoms. The predicted octanol–water partition coefficient (Wildman–Crippen LogP) is 6.72. The lowest BCUT2D eigenvalue weighted by Gasteiger charge is -2.33. The number of carbonyl (C=O) groups is 2. The normalized spacial score (nSPS) is 16.7. The van der Waals surface area contributed by atoms with Gasteiger partial charge in [-0.3, -0.25) is 9.59 Å².